The van der Waals surface area contributed by atoms with E-state index in [1.165, 1.54) is 13.8 Å². The van der Waals surface area contributed by atoms with Crippen molar-refractivity contribution in [3.8, 4) is 0 Å². The van der Waals surface area contributed by atoms with Gasteiger partial charge in [-0.1, -0.05) is 87.0 Å². The van der Waals surface area contributed by atoms with Gasteiger partial charge in [0.05, 0.1) is 25.0 Å². The highest BCUT2D eigenvalue weighted by Gasteiger charge is 2.38. The maximum atomic E-state index is 14.8. The second kappa shape index (κ2) is 30.4. The highest BCUT2D eigenvalue weighted by Crippen LogP contribution is 2.21. The average molecular weight is 1150 g/mol. The quantitative estimate of drug-likeness (QED) is 0.0181. The number of hydrogen-bond acceptors (Lipinski definition) is 14. The summed E-state index contributed by atoms with van der Waals surface area (Å²) in [6.07, 6.45) is -0.799. The fourth-order valence-electron chi connectivity index (χ4n) is 8.98. The van der Waals surface area contributed by atoms with E-state index in [0.717, 1.165) is 23.4 Å². The Labute approximate surface area is 476 Å². The highest BCUT2D eigenvalue weighted by molar-refractivity contribution is 6.00. The Morgan fingerprint density at radius 2 is 0.940 bits per heavy atom. The first kappa shape index (κ1) is 64.3. The predicted molar refractivity (Wildman–Crippen MR) is 296 cm³/mol. The monoisotopic (exact) mass is 1150 g/mol. The lowest BCUT2D eigenvalue weighted by Gasteiger charge is -2.30. The lowest BCUT2D eigenvalue weighted by Crippen LogP contribution is -2.70. The third kappa shape index (κ3) is 18.8. The first-order chi connectivity index (χ1) is 39.4. The minimum atomic E-state index is -2.01. The number of H-pyrrole nitrogens is 2. The maximum Gasteiger partial charge on any atom is 0.279 e. The van der Waals surface area contributed by atoms with E-state index < -0.39 is 151 Å². The number of nitrogens with two attached hydrogens (primary N) is 2. The van der Waals surface area contributed by atoms with Gasteiger partial charge in [-0.2, -0.15) is 0 Å². The minimum Gasteiger partial charge on any atom is -0.550 e. The van der Waals surface area contributed by atoms with E-state index in [0.29, 0.717) is 28.3 Å². The first-order valence-corrected chi connectivity index (χ1v) is 26.7. The van der Waals surface area contributed by atoms with Gasteiger partial charge in [0.15, 0.2) is 6.04 Å². The normalized spacial score (nSPS) is 15.2. The summed E-state index contributed by atoms with van der Waals surface area (Å²) < 4.78 is 0. The summed E-state index contributed by atoms with van der Waals surface area (Å²) in [4.78, 5) is 166. The van der Waals surface area contributed by atoms with Gasteiger partial charge < -0.3 is 89.5 Å². The summed E-state index contributed by atoms with van der Waals surface area (Å²) in [6.45, 7) is 5.58. The van der Waals surface area contributed by atoms with E-state index in [4.69, 9.17) is 11.5 Å². The summed E-state index contributed by atoms with van der Waals surface area (Å²) in [5.74, 6) is -13.0. The molecule has 5 rings (SSSR count). The van der Waals surface area contributed by atoms with E-state index in [1.54, 1.807) is 73.9 Å². The van der Waals surface area contributed by atoms with Crippen LogP contribution in [0.25, 0.3) is 21.8 Å². The van der Waals surface area contributed by atoms with Crippen LogP contribution in [-0.4, -0.2) is 147 Å². The van der Waals surface area contributed by atoms with Gasteiger partial charge in [0.2, 0.25) is 53.2 Å². The van der Waals surface area contributed by atoms with Crippen LogP contribution in [0.15, 0.2) is 91.3 Å². The molecular formula is C56H71N13O14. The van der Waals surface area contributed by atoms with Crippen molar-refractivity contribution in [3.63, 3.8) is 0 Å². The number of carboxylic acid groups (broad SMARTS) is 1. The number of aliphatic carboxylic acids is 1. The number of aliphatic hydroxyl groups is 1. The largest absolute Gasteiger partial charge is 0.550 e. The molecule has 5 aromatic rings. The molecule has 0 spiro atoms. The number of quaternary nitrogens is 1. The Morgan fingerprint density at radius 1 is 0.530 bits per heavy atom. The van der Waals surface area contributed by atoms with Crippen LogP contribution in [0.5, 0.6) is 0 Å². The zero-order chi connectivity index (χ0) is 61.1. The van der Waals surface area contributed by atoms with Crippen LogP contribution in [0.1, 0.15) is 70.1 Å². The zero-order valence-corrected chi connectivity index (χ0v) is 46.2. The standard InChI is InChI=1S/C56H71N13O14/c1-5-28(2)47(55(82)69-48(30(4)71)56(83)67-41(22-44(58)72)50(77)62-29(3)27-70)68-54(81)43(24-46(74)75)66-51(78)39(19-31-13-7-6-8-14-31)64-52(79)40(21-33-26-61-38-18-12-10-16-35(33)38)65-53(80)42(23-45(59)73)63-49(76)36(57)20-32-25-60-37-17-11-9-15-34(32)37/h6-18,25-30,36,39-43,47-48,60-61,71H,5,19-24,57H2,1-4H3,(H2,58,72)(H2,59,73)(H,62,77)(H,63,76)(H,64,79)(H,65,80)(H,66,78)(H,67,83)(H,68,81)(H,69,82)(H,74,75)/t28-,29-,30+,36-,39-,40-,41-,42-,43-,47-,48-/m0/s1. The number of rotatable bonds is 32. The molecule has 444 valence electrons. The Hall–Kier alpha value is -9.50. The maximum absolute atomic E-state index is 14.8. The molecule has 3 aromatic carbocycles. The molecule has 0 saturated carbocycles. The molecule has 83 heavy (non-hydrogen) atoms. The van der Waals surface area contributed by atoms with Crippen LogP contribution >= 0.6 is 0 Å². The molecule has 10 amide bonds. The van der Waals surface area contributed by atoms with Crippen LogP contribution in [-0.2, 0) is 76.8 Å². The van der Waals surface area contributed by atoms with Crippen molar-refractivity contribution in [2.45, 2.75) is 133 Å². The number of fused-ring (bicyclic) bond motifs is 2. The molecule has 0 saturated heterocycles. The number of carboxylic acids is 1. The third-order valence-electron chi connectivity index (χ3n) is 13.7. The molecule has 0 aliphatic heterocycles. The number of carbonyl (C=O) groups excluding carboxylic acids is 12. The summed E-state index contributed by atoms with van der Waals surface area (Å²) in [5.41, 5.74) is 18.1. The van der Waals surface area contributed by atoms with Gasteiger partial charge in [0.1, 0.15) is 48.6 Å². The van der Waals surface area contributed by atoms with Gasteiger partial charge in [0.25, 0.3) is 5.91 Å². The second-order valence-corrected chi connectivity index (χ2v) is 20.3. The topological polar surface area (TPSA) is 456 Å². The molecule has 18 N–H and O–H groups in total. The first-order valence-electron chi connectivity index (χ1n) is 26.7. The number of primary amides is 2. The van der Waals surface area contributed by atoms with Crippen molar-refractivity contribution in [2.24, 2.45) is 17.4 Å². The number of aldehydes is 1. The molecule has 11 atom stereocenters. The zero-order valence-electron chi connectivity index (χ0n) is 46.2. The van der Waals surface area contributed by atoms with Crippen LogP contribution in [0.2, 0.25) is 0 Å². The van der Waals surface area contributed by atoms with Crippen LogP contribution in [0.4, 0.5) is 0 Å². The van der Waals surface area contributed by atoms with Crippen molar-refractivity contribution >= 4 is 93.1 Å². The second-order valence-electron chi connectivity index (χ2n) is 20.3. The fourth-order valence-corrected chi connectivity index (χ4v) is 8.98. The molecule has 0 bridgehead atoms. The van der Waals surface area contributed by atoms with Crippen molar-refractivity contribution in [3.05, 3.63) is 108 Å². The lowest BCUT2D eigenvalue weighted by molar-refractivity contribution is -0.403. The van der Waals surface area contributed by atoms with Crippen molar-refractivity contribution in [2.75, 3.05) is 0 Å². The number of carbonyl (C=O) groups is 12. The number of aromatic nitrogens is 2. The SMILES string of the molecule is CC[C@H](C)[C@H](NC(=O)[C@H](CC(=O)[O-])NC(=O)[C@H](Cc1ccccc1)NC(=O)[C@H](Cc1c[nH]c2ccccc12)NC(=O)[C@H](CC(N)=O)NC(=O)[C@@H]([NH3+])Cc1c[nH]c2ccccc12)C(=O)N[C@H](C(=O)N[C@@H](CC(N)=O)C(=O)N[C@@H](C)C=O)[C@@H](C)O. The predicted octanol–water partition coefficient (Wildman–Crippen LogP) is -4.30. The van der Waals surface area contributed by atoms with Gasteiger partial charge in [0, 0.05) is 65.9 Å². The van der Waals surface area contributed by atoms with Crippen molar-refractivity contribution < 1.29 is 73.5 Å². The van der Waals surface area contributed by atoms with E-state index in [2.05, 4.69) is 58.2 Å². The molecule has 0 unspecified atom stereocenters. The molecule has 2 aromatic heterocycles. The van der Waals surface area contributed by atoms with Crippen LogP contribution in [0.3, 0.4) is 0 Å². The number of benzene rings is 3. The summed E-state index contributed by atoms with van der Waals surface area (Å²) in [7, 11) is 0. The smallest absolute Gasteiger partial charge is 0.279 e. The van der Waals surface area contributed by atoms with E-state index in [-0.39, 0.29) is 25.7 Å². The molecule has 0 aliphatic rings. The minimum absolute atomic E-state index is 0.137. The number of nitrogens with one attached hydrogen (secondary N) is 10. The highest BCUT2D eigenvalue weighted by atomic mass is 16.4. The summed E-state index contributed by atoms with van der Waals surface area (Å²) >= 11 is 0. The number of hydrogen-bond donors (Lipinski definition) is 14. The van der Waals surface area contributed by atoms with Gasteiger partial charge in [-0.15, -0.1) is 0 Å². The fraction of sp³-hybridized carbons (Fsp3) is 0.393. The molecule has 27 heteroatoms. The van der Waals surface area contributed by atoms with Crippen molar-refractivity contribution in [1.29, 1.82) is 0 Å². The third-order valence-corrected chi connectivity index (χ3v) is 13.7. The Bertz CT molecular complexity index is 3160. The summed E-state index contributed by atoms with van der Waals surface area (Å²) in [6, 6.07) is 8.68. The summed E-state index contributed by atoms with van der Waals surface area (Å²) in [5, 5.41) is 43.7. The van der Waals surface area contributed by atoms with Gasteiger partial charge in [-0.05, 0) is 48.6 Å². The Kier molecular flexibility index (Phi) is 23.5. The van der Waals surface area contributed by atoms with Crippen LogP contribution in [0, 0.1) is 5.92 Å². The molecule has 0 radical (unpaired) electrons. The van der Waals surface area contributed by atoms with E-state index in [9.17, 15) is 67.7 Å². The molecule has 0 fully saturated rings. The van der Waals surface area contributed by atoms with Gasteiger partial charge in [-0.25, -0.2) is 0 Å². The Balaban J connectivity index is 1.41. The van der Waals surface area contributed by atoms with E-state index in [1.807, 2.05) is 24.3 Å². The molecule has 0 aliphatic carbocycles. The van der Waals surface area contributed by atoms with Gasteiger partial charge in [-0.3, -0.25) is 47.9 Å². The average Bonchev–Trinajstić information content (AvgIpc) is 4.32. The van der Waals surface area contributed by atoms with Crippen LogP contribution < -0.4 is 64.8 Å². The number of amides is 10. The molecule has 27 nitrogen and oxygen atoms in total. The number of aromatic amines is 2. The lowest BCUT2D eigenvalue weighted by atomic mass is 9.96. The van der Waals surface area contributed by atoms with Gasteiger partial charge >= 0.3 is 0 Å². The number of aliphatic hydroxyl groups excluding tert-OH is 1. The molecule has 2 heterocycles. The van der Waals surface area contributed by atoms with E-state index >= 15 is 0 Å². The number of para-hydroxylation sites is 2. The Morgan fingerprint density at radius 3 is 1.45 bits per heavy atom. The van der Waals surface area contributed by atoms with Crippen molar-refractivity contribution in [1.82, 2.24) is 52.5 Å². The molecular weight excluding hydrogens is 1080 g/mol.